The summed E-state index contributed by atoms with van der Waals surface area (Å²) in [7, 11) is 0. The highest BCUT2D eigenvalue weighted by molar-refractivity contribution is 6.77. The maximum atomic E-state index is 14.3. The van der Waals surface area contributed by atoms with Crippen molar-refractivity contribution in [3.05, 3.63) is 41.3 Å². The Bertz CT molecular complexity index is 882. The molecule has 1 aromatic rings. The highest BCUT2D eigenvalue weighted by atomic mass is 35.5. The lowest BCUT2D eigenvalue weighted by molar-refractivity contribution is -0.920. The summed E-state index contributed by atoms with van der Waals surface area (Å²) in [5.74, 6) is -3.02. The second-order valence-corrected chi connectivity index (χ2v) is 6.91. The molecule has 0 aliphatic carbocycles. The van der Waals surface area contributed by atoms with Gasteiger partial charge in [0.2, 0.25) is 0 Å². The van der Waals surface area contributed by atoms with Crippen LogP contribution in [0.25, 0.3) is 5.57 Å². The van der Waals surface area contributed by atoms with E-state index in [2.05, 4.69) is 15.1 Å². The minimum Gasteiger partial charge on any atom is -0.251 e. The van der Waals surface area contributed by atoms with Crippen molar-refractivity contribution < 1.29 is 22.3 Å². The fraction of sp³-hybridized carbons (Fsp3) is 0.353. The van der Waals surface area contributed by atoms with Crippen molar-refractivity contribution in [2.24, 2.45) is 21.0 Å². The van der Waals surface area contributed by atoms with Gasteiger partial charge in [-0.3, -0.25) is 4.39 Å². The Morgan fingerprint density at radius 1 is 1.15 bits per heavy atom. The molecule has 0 radical (unpaired) electrons. The highest BCUT2D eigenvalue weighted by Crippen LogP contribution is 2.36. The molecule has 4 rings (SSSR count). The summed E-state index contributed by atoms with van der Waals surface area (Å²) in [4.78, 5) is 8.26. The van der Waals surface area contributed by atoms with Crippen LogP contribution in [0.3, 0.4) is 0 Å². The Morgan fingerprint density at radius 2 is 1.81 bits per heavy atom. The Kier molecular flexibility index (Phi) is 4.61. The van der Waals surface area contributed by atoms with Crippen LogP contribution in [0.15, 0.2) is 33.4 Å². The molecule has 1 fully saturated rings. The van der Waals surface area contributed by atoms with Gasteiger partial charge in [0.25, 0.3) is 0 Å². The standard InChI is InChI=1S/C17H15ClF4N5/c18-16-12(15-13(21)5-11(20)6-14(15)22)8-27(17(25-16)23-9-24-27)26-3-1-10(7-19)2-4-26/h5-6,8-10H,1-4,7H2/q+1. The summed E-state index contributed by atoms with van der Waals surface area (Å²) in [6, 6.07) is 1.16. The molecule has 0 saturated carbocycles. The number of fused-ring (bicyclic) bond motifs is 1. The van der Waals surface area contributed by atoms with Crippen LogP contribution in [-0.2, 0) is 0 Å². The molecule has 0 bridgehead atoms. The average molecular weight is 401 g/mol. The predicted octanol–water partition coefficient (Wildman–Crippen LogP) is 3.82. The van der Waals surface area contributed by atoms with E-state index < -0.39 is 29.7 Å². The topological polar surface area (TPSA) is 40.3 Å². The second-order valence-electron chi connectivity index (χ2n) is 6.55. The van der Waals surface area contributed by atoms with Gasteiger partial charge in [0.05, 0.1) is 30.9 Å². The number of piperidine rings is 1. The predicted molar refractivity (Wildman–Crippen MR) is 94.0 cm³/mol. The summed E-state index contributed by atoms with van der Waals surface area (Å²) < 4.78 is 54.5. The molecule has 3 heterocycles. The van der Waals surface area contributed by atoms with Gasteiger partial charge >= 0.3 is 5.96 Å². The third-order valence-electron chi connectivity index (χ3n) is 4.94. The number of halogens is 5. The zero-order valence-corrected chi connectivity index (χ0v) is 14.8. The maximum absolute atomic E-state index is 14.3. The van der Waals surface area contributed by atoms with E-state index in [1.807, 2.05) is 5.01 Å². The molecule has 27 heavy (non-hydrogen) atoms. The van der Waals surface area contributed by atoms with Crippen LogP contribution in [0.5, 0.6) is 0 Å². The van der Waals surface area contributed by atoms with Crippen molar-refractivity contribution in [1.29, 1.82) is 0 Å². The molecule has 5 nitrogen and oxygen atoms in total. The van der Waals surface area contributed by atoms with Gasteiger partial charge in [-0.2, -0.15) is 9.98 Å². The molecular weight excluding hydrogens is 386 g/mol. The van der Waals surface area contributed by atoms with Crippen molar-refractivity contribution in [2.45, 2.75) is 12.8 Å². The molecule has 3 aliphatic rings. The van der Waals surface area contributed by atoms with E-state index in [1.165, 1.54) is 12.5 Å². The van der Waals surface area contributed by atoms with Crippen molar-refractivity contribution in [2.75, 3.05) is 19.8 Å². The van der Waals surface area contributed by atoms with Crippen LogP contribution >= 0.6 is 11.6 Å². The van der Waals surface area contributed by atoms with E-state index in [9.17, 15) is 17.6 Å². The van der Waals surface area contributed by atoms with Crippen LogP contribution in [0.2, 0.25) is 0 Å². The summed E-state index contributed by atoms with van der Waals surface area (Å²) in [5.41, 5.74) is -0.528. The quantitative estimate of drug-likeness (QED) is 0.561. The molecule has 0 N–H and O–H groups in total. The van der Waals surface area contributed by atoms with Gasteiger partial charge in [0.15, 0.2) is 17.7 Å². The number of nitrogens with zero attached hydrogens (tertiary/aromatic N) is 5. The lowest BCUT2D eigenvalue weighted by Crippen LogP contribution is -2.58. The first-order valence-electron chi connectivity index (χ1n) is 8.39. The summed E-state index contributed by atoms with van der Waals surface area (Å²) in [5, 5.41) is 6.04. The van der Waals surface area contributed by atoms with E-state index in [1.54, 1.807) is 0 Å². The van der Waals surface area contributed by atoms with Gasteiger partial charge in [-0.05, 0) is 28.6 Å². The minimum atomic E-state index is -1.09. The van der Waals surface area contributed by atoms with Gasteiger partial charge in [0, 0.05) is 12.1 Å². The SMILES string of the molecule is FCC1CCN([N+]23C=C(c4c(F)cc(F)cc4F)C(Cl)=NC2=NC=N3)CC1. The first kappa shape index (κ1) is 18.3. The van der Waals surface area contributed by atoms with E-state index in [0.29, 0.717) is 38.1 Å². The fourth-order valence-electron chi connectivity index (χ4n) is 3.49. The molecule has 1 aromatic carbocycles. The lowest BCUT2D eigenvalue weighted by atomic mass is 9.99. The molecule has 0 amide bonds. The van der Waals surface area contributed by atoms with Crippen LogP contribution in [0.4, 0.5) is 17.6 Å². The monoisotopic (exact) mass is 400 g/mol. The van der Waals surface area contributed by atoms with Crippen molar-refractivity contribution in [1.82, 2.24) is 5.01 Å². The second kappa shape index (κ2) is 6.81. The normalized spacial score (nSPS) is 25.9. The van der Waals surface area contributed by atoms with Gasteiger partial charge < -0.3 is 0 Å². The Hall–Kier alpha value is -2.10. The van der Waals surface area contributed by atoms with E-state index in [0.717, 1.165) is 0 Å². The van der Waals surface area contributed by atoms with E-state index in [4.69, 9.17) is 11.6 Å². The van der Waals surface area contributed by atoms with Crippen LogP contribution in [-0.4, -0.2) is 46.9 Å². The molecule has 10 heteroatoms. The fourth-order valence-corrected chi connectivity index (χ4v) is 3.71. The number of hydrogen-bond acceptors (Lipinski definition) is 4. The number of alkyl halides is 1. The third-order valence-corrected chi connectivity index (χ3v) is 5.23. The molecule has 0 spiro atoms. The van der Waals surface area contributed by atoms with Crippen LogP contribution in [0.1, 0.15) is 18.4 Å². The number of hydrogen-bond donors (Lipinski definition) is 0. The van der Waals surface area contributed by atoms with Gasteiger partial charge in [-0.25, -0.2) is 13.2 Å². The number of benzene rings is 1. The van der Waals surface area contributed by atoms with Gasteiger partial charge in [0.1, 0.15) is 17.5 Å². The molecule has 1 saturated heterocycles. The van der Waals surface area contributed by atoms with Gasteiger partial charge in [-0.15, -0.1) is 5.01 Å². The largest absolute Gasteiger partial charge is 0.384 e. The zero-order valence-electron chi connectivity index (χ0n) is 14.0. The van der Waals surface area contributed by atoms with Crippen molar-refractivity contribution >= 4 is 34.6 Å². The molecule has 0 aromatic heterocycles. The van der Waals surface area contributed by atoms with E-state index in [-0.39, 0.29) is 27.3 Å². The lowest BCUT2D eigenvalue weighted by Gasteiger charge is -2.39. The number of guanidine groups is 1. The highest BCUT2D eigenvalue weighted by Gasteiger charge is 2.49. The number of aliphatic imine (C=N–C) groups is 2. The van der Waals surface area contributed by atoms with Gasteiger partial charge in [-0.1, -0.05) is 11.6 Å². The molecule has 142 valence electrons. The molecular formula is C17H15ClF4N5+. The number of allylic oxidation sites excluding steroid dienone is 1. The summed E-state index contributed by atoms with van der Waals surface area (Å²) in [6.07, 6.45) is 3.95. The smallest absolute Gasteiger partial charge is 0.251 e. The van der Waals surface area contributed by atoms with Crippen LogP contribution < -0.4 is 0 Å². The van der Waals surface area contributed by atoms with E-state index >= 15 is 0 Å². The Balaban J connectivity index is 1.79. The Labute approximate surface area is 157 Å². The van der Waals surface area contributed by atoms with Crippen molar-refractivity contribution in [3.8, 4) is 0 Å². The number of quaternary nitrogens is 1. The average Bonchev–Trinajstić information content (AvgIpc) is 3.05. The molecule has 3 aliphatic heterocycles. The Morgan fingerprint density at radius 3 is 2.44 bits per heavy atom. The molecule has 1 atom stereocenters. The summed E-state index contributed by atoms with van der Waals surface area (Å²) >= 11 is 6.15. The summed E-state index contributed by atoms with van der Waals surface area (Å²) in [6.45, 7) is 0.599. The maximum Gasteiger partial charge on any atom is 0.384 e. The zero-order chi connectivity index (χ0) is 19.2. The first-order valence-corrected chi connectivity index (χ1v) is 8.77. The first-order chi connectivity index (χ1) is 12.9. The van der Waals surface area contributed by atoms with Crippen molar-refractivity contribution in [3.63, 3.8) is 0 Å². The third kappa shape index (κ3) is 2.99. The molecule has 1 unspecified atom stereocenters. The number of rotatable bonds is 3. The van der Waals surface area contributed by atoms with Crippen LogP contribution in [0, 0.1) is 23.4 Å². The minimum absolute atomic E-state index is 0.0289.